The smallest absolute Gasteiger partial charge is 0.309 e. The first-order valence-corrected chi connectivity index (χ1v) is 11.3. The third-order valence-corrected chi connectivity index (χ3v) is 6.90. The van der Waals surface area contributed by atoms with Gasteiger partial charge < -0.3 is 20.4 Å². The van der Waals surface area contributed by atoms with Crippen LogP contribution >= 0.6 is 0 Å². The fourth-order valence-electron chi connectivity index (χ4n) is 5.11. The van der Waals surface area contributed by atoms with E-state index >= 15 is 0 Å². The molecule has 4 N–H and O–H groups in total. The summed E-state index contributed by atoms with van der Waals surface area (Å²) in [5, 5.41) is 39.5. The first-order chi connectivity index (χ1) is 15.3. The molecule has 2 fully saturated rings. The van der Waals surface area contributed by atoms with Crippen molar-refractivity contribution in [3.05, 3.63) is 71.8 Å². The standard InChI is InChI=1S/2C13H16O3/c2*14-12(15)11-8-4-5-9-13(11,16)10-6-2-1-3-7-10/h2*1-3,6-7,11,16H,4-5,8-9H2,(H,14,15)/t2*11-,13+/m10/s1. The molecule has 2 aromatic rings. The number of hydrogen-bond donors (Lipinski definition) is 4. The lowest BCUT2D eigenvalue weighted by atomic mass is 9.71. The van der Waals surface area contributed by atoms with E-state index in [-0.39, 0.29) is 0 Å². The van der Waals surface area contributed by atoms with E-state index in [1.165, 1.54) is 0 Å². The van der Waals surface area contributed by atoms with Crippen molar-refractivity contribution >= 4 is 11.9 Å². The maximum atomic E-state index is 11.2. The molecular weight excluding hydrogens is 408 g/mol. The summed E-state index contributed by atoms with van der Waals surface area (Å²) in [6, 6.07) is 18.3. The van der Waals surface area contributed by atoms with E-state index in [1.54, 1.807) is 24.3 Å². The Morgan fingerprint density at radius 2 is 0.969 bits per heavy atom. The SMILES string of the molecule is O=C(O)[C@@H]1CCCC[C@@]1(O)c1ccccc1.O=C(O)[C@H]1CCCC[C@]1(O)c1ccccc1. The Balaban J connectivity index is 0.000000181. The molecule has 32 heavy (non-hydrogen) atoms. The molecule has 0 saturated heterocycles. The van der Waals surface area contributed by atoms with Crippen LogP contribution in [0.2, 0.25) is 0 Å². The predicted molar refractivity (Wildman–Crippen MR) is 120 cm³/mol. The number of hydrogen-bond acceptors (Lipinski definition) is 4. The number of carboxylic acid groups (broad SMARTS) is 2. The molecule has 2 aromatic carbocycles. The first-order valence-electron chi connectivity index (χ1n) is 11.3. The maximum absolute atomic E-state index is 11.2. The molecule has 0 unspecified atom stereocenters. The molecule has 2 saturated carbocycles. The van der Waals surface area contributed by atoms with E-state index < -0.39 is 35.0 Å². The van der Waals surface area contributed by atoms with Crippen molar-refractivity contribution in [3.63, 3.8) is 0 Å². The number of aliphatic hydroxyl groups is 2. The monoisotopic (exact) mass is 440 g/mol. The van der Waals surface area contributed by atoms with Crippen LogP contribution in [-0.2, 0) is 20.8 Å². The highest BCUT2D eigenvalue weighted by Gasteiger charge is 2.45. The zero-order chi connectivity index (χ0) is 23.2. The van der Waals surface area contributed by atoms with Gasteiger partial charge in [0.2, 0.25) is 0 Å². The lowest BCUT2D eigenvalue weighted by Crippen LogP contribution is -2.42. The Labute approximate surface area is 188 Å². The third kappa shape index (κ3) is 5.03. The van der Waals surface area contributed by atoms with Crippen molar-refractivity contribution in [2.75, 3.05) is 0 Å². The van der Waals surface area contributed by atoms with E-state index in [4.69, 9.17) is 0 Å². The summed E-state index contributed by atoms with van der Waals surface area (Å²) in [4.78, 5) is 22.4. The van der Waals surface area contributed by atoms with Crippen molar-refractivity contribution in [1.82, 2.24) is 0 Å². The zero-order valence-electron chi connectivity index (χ0n) is 18.2. The topological polar surface area (TPSA) is 115 Å². The second-order valence-corrected chi connectivity index (χ2v) is 8.85. The summed E-state index contributed by atoms with van der Waals surface area (Å²) in [6.45, 7) is 0. The van der Waals surface area contributed by atoms with Crippen LogP contribution in [0.5, 0.6) is 0 Å². The molecule has 2 aliphatic rings. The Kier molecular flexibility index (Phi) is 7.69. The largest absolute Gasteiger partial charge is 0.481 e. The van der Waals surface area contributed by atoms with Crippen LogP contribution in [0.3, 0.4) is 0 Å². The summed E-state index contributed by atoms with van der Waals surface area (Å²) in [6.07, 6.45) is 5.71. The van der Waals surface area contributed by atoms with Gasteiger partial charge in [-0.25, -0.2) is 0 Å². The maximum Gasteiger partial charge on any atom is 0.309 e. The van der Waals surface area contributed by atoms with Gasteiger partial charge in [-0.05, 0) is 36.8 Å². The van der Waals surface area contributed by atoms with Crippen molar-refractivity contribution in [1.29, 1.82) is 0 Å². The highest BCUT2D eigenvalue weighted by atomic mass is 16.4. The zero-order valence-corrected chi connectivity index (χ0v) is 18.2. The molecule has 4 rings (SSSR count). The van der Waals surface area contributed by atoms with Gasteiger partial charge in [0.25, 0.3) is 0 Å². The van der Waals surface area contributed by atoms with Gasteiger partial charge in [0.1, 0.15) is 11.2 Å². The highest BCUT2D eigenvalue weighted by molar-refractivity contribution is 5.72. The summed E-state index contributed by atoms with van der Waals surface area (Å²) in [7, 11) is 0. The van der Waals surface area contributed by atoms with Crippen LogP contribution in [0.15, 0.2) is 60.7 Å². The molecule has 0 spiro atoms. The summed E-state index contributed by atoms with van der Waals surface area (Å²) < 4.78 is 0. The van der Waals surface area contributed by atoms with Crippen LogP contribution in [0.1, 0.15) is 62.5 Å². The van der Waals surface area contributed by atoms with Gasteiger partial charge in [-0.1, -0.05) is 86.3 Å². The van der Waals surface area contributed by atoms with Gasteiger partial charge in [-0.2, -0.15) is 0 Å². The number of carboxylic acids is 2. The predicted octanol–water partition coefficient (Wildman–Crippen LogP) is 4.30. The summed E-state index contributed by atoms with van der Waals surface area (Å²) in [5.74, 6) is -3.15. The minimum absolute atomic E-state index is 0.536. The summed E-state index contributed by atoms with van der Waals surface area (Å²) >= 11 is 0. The molecule has 2 aliphatic carbocycles. The quantitative estimate of drug-likeness (QED) is 0.564. The Bertz CT molecular complexity index is 824. The van der Waals surface area contributed by atoms with Crippen molar-refractivity contribution in [3.8, 4) is 0 Å². The Morgan fingerprint density at radius 3 is 1.28 bits per heavy atom. The normalized spacial score (nSPS) is 29.9. The molecule has 0 aromatic heterocycles. The second kappa shape index (κ2) is 10.3. The van der Waals surface area contributed by atoms with E-state index in [0.717, 1.165) is 36.8 Å². The Morgan fingerprint density at radius 1 is 0.625 bits per heavy atom. The van der Waals surface area contributed by atoms with Gasteiger partial charge in [-0.15, -0.1) is 0 Å². The first kappa shape index (κ1) is 24.0. The van der Waals surface area contributed by atoms with Crippen LogP contribution in [0.25, 0.3) is 0 Å². The molecule has 0 amide bonds. The van der Waals surface area contributed by atoms with E-state index in [1.807, 2.05) is 36.4 Å². The van der Waals surface area contributed by atoms with Crippen LogP contribution in [0, 0.1) is 11.8 Å². The summed E-state index contributed by atoms with van der Waals surface area (Å²) in [5.41, 5.74) is -0.930. The van der Waals surface area contributed by atoms with Gasteiger partial charge in [0.15, 0.2) is 0 Å². The van der Waals surface area contributed by atoms with Gasteiger partial charge in [-0.3, -0.25) is 9.59 Å². The van der Waals surface area contributed by atoms with Crippen molar-refractivity contribution < 1.29 is 30.0 Å². The fraction of sp³-hybridized carbons (Fsp3) is 0.462. The van der Waals surface area contributed by atoms with Crippen molar-refractivity contribution in [2.24, 2.45) is 11.8 Å². The minimum Gasteiger partial charge on any atom is -0.481 e. The fourth-order valence-corrected chi connectivity index (χ4v) is 5.11. The molecule has 0 aliphatic heterocycles. The number of rotatable bonds is 4. The molecule has 6 nitrogen and oxygen atoms in total. The minimum atomic E-state index is -1.19. The van der Waals surface area contributed by atoms with Crippen LogP contribution in [0.4, 0.5) is 0 Å². The van der Waals surface area contributed by atoms with E-state index in [9.17, 15) is 30.0 Å². The number of benzene rings is 2. The molecule has 4 atom stereocenters. The molecule has 172 valence electrons. The van der Waals surface area contributed by atoms with Gasteiger partial charge >= 0.3 is 11.9 Å². The average Bonchev–Trinajstić information content (AvgIpc) is 2.81. The van der Waals surface area contributed by atoms with E-state index in [0.29, 0.717) is 25.7 Å². The van der Waals surface area contributed by atoms with Gasteiger partial charge in [0, 0.05) is 0 Å². The molecular formula is C26H32O6. The van der Waals surface area contributed by atoms with Crippen molar-refractivity contribution in [2.45, 2.75) is 62.6 Å². The van der Waals surface area contributed by atoms with Crippen LogP contribution < -0.4 is 0 Å². The second-order valence-electron chi connectivity index (χ2n) is 8.85. The van der Waals surface area contributed by atoms with Gasteiger partial charge in [0.05, 0.1) is 11.8 Å². The number of aliphatic carboxylic acids is 2. The lowest BCUT2D eigenvalue weighted by Gasteiger charge is -2.38. The molecule has 0 radical (unpaired) electrons. The average molecular weight is 441 g/mol. The molecule has 0 heterocycles. The lowest BCUT2D eigenvalue weighted by molar-refractivity contribution is -0.158. The number of carbonyl (C=O) groups is 2. The molecule has 0 bridgehead atoms. The Hall–Kier alpha value is -2.70. The third-order valence-electron chi connectivity index (χ3n) is 6.90. The molecule has 6 heteroatoms. The van der Waals surface area contributed by atoms with E-state index in [2.05, 4.69) is 0 Å². The van der Waals surface area contributed by atoms with Crippen LogP contribution in [-0.4, -0.2) is 32.4 Å². The highest BCUT2D eigenvalue weighted by Crippen LogP contribution is 2.42.